The van der Waals surface area contributed by atoms with E-state index in [4.69, 9.17) is 0 Å². The summed E-state index contributed by atoms with van der Waals surface area (Å²) in [6.07, 6.45) is 0.605. The van der Waals surface area contributed by atoms with Gasteiger partial charge in [-0.25, -0.2) is 4.39 Å². The fourth-order valence-electron chi connectivity index (χ4n) is 2.02. The lowest BCUT2D eigenvalue weighted by Gasteiger charge is -2.35. The van der Waals surface area contributed by atoms with Crippen LogP contribution in [0.1, 0.15) is 23.1 Å². The Hall–Kier alpha value is -0.410. The number of aryl methyl sites for hydroxylation is 1. The van der Waals surface area contributed by atoms with Gasteiger partial charge in [0.2, 0.25) is 0 Å². The van der Waals surface area contributed by atoms with Crippen LogP contribution in [0.4, 0.5) is 4.39 Å². The molecule has 0 amide bonds. The van der Waals surface area contributed by atoms with E-state index in [1.54, 1.807) is 11.3 Å². The molecule has 1 aliphatic rings. The normalized spacial score (nSPS) is 33.2. The summed E-state index contributed by atoms with van der Waals surface area (Å²) >= 11 is 1.59. The second-order valence-electron chi connectivity index (χ2n) is 4.13. The molecule has 0 spiro atoms. The van der Waals surface area contributed by atoms with E-state index < -0.39 is 5.67 Å². The predicted molar refractivity (Wildman–Crippen MR) is 58.5 cm³/mol. The monoisotopic (exact) mass is 213 g/mol. The van der Waals surface area contributed by atoms with Crippen LogP contribution in [0.15, 0.2) is 12.1 Å². The quantitative estimate of drug-likeness (QED) is 0.756. The molecule has 2 unspecified atom stereocenters. The number of alkyl halides is 1. The highest BCUT2D eigenvalue weighted by molar-refractivity contribution is 7.12. The van der Waals surface area contributed by atoms with Crippen molar-refractivity contribution in [2.75, 3.05) is 13.1 Å². The van der Waals surface area contributed by atoms with Gasteiger partial charge in [0.15, 0.2) is 0 Å². The Bertz CT molecular complexity index is 323. The third-order valence-corrected chi connectivity index (χ3v) is 4.20. The van der Waals surface area contributed by atoms with Crippen molar-refractivity contribution in [1.82, 2.24) is 5.32 Å². The van der Waals surface area contributed by atoms with Gasteiger partial charge in [-0.05, 0) is 32.0 Å². The van der Waals surface area contributed by atoms with Crippen molar-refractivity contribution in [3.05, 3.63) is 21.9 Å². The lowest BCUT2D eigenvalue weighted by molar-refractivity contribution is 0.0588. The van der Waals surface area contributed by atoms with Crippen LogP contribution in [-0.2, 0) is 5.67 Å². The average molecular weight is 213 g/mol. The van der Waals surface area contributed by atoms with E-state index in [1.807, 2.05) is 26.0 Å². The number of hydrogen-bond donors (Lipinski definition) is 1. The predicted octanol–water partition coefficient (Wildman–Crippen LogP) is 2.85. The molecular formula is C11H16FNS. The number of nitrogens with one attached hydrogen (secondary N) is 1. The smallest absolute Gasteiger partial charge is 0.150 e. The van der Waals surface area contributed by atoms with Gasteiger partial charge in [0.25, 0.3) is 0 Å². The van der Waals surface area contributed by atoms with Crippen molar-refractivity contribution in [3.8, 4) is 0 Å². The molecule has 0 aromatic carbocycles. The van der Waals surface area contributed by atoms with E-state index in [1.165, 1.54) is 4.88 Å². The van der Waals surface area contributed by atoms with Gasteiger partial charge in [-0.1, -0.05) is 6.92 Å². The minimum Gasteiger partial charge on any atom is -0.316 e. The van der Waals surface area contributed by atoms with Gasteiger partial charge < -0.3 is 5.32 Å². The molecule has 3 heteroatoms. The minimum absolute atomic E-state index is 0.0781. The summed E-state index contributed by atoms with van der Waals surface area (Å²) in [5, 5.41) is 3.23. The Morgan fingerprint density at radius 2 is 2.36 bits per heavy atom. The molecular weight excluding hydrogens is 197 g/mol. The molecule has 78 valence electrons. The van der Waals surface area contributed by atoms with Crippen LogP contribution in [-0.4, -0.2) is 13.1 Å². The Kier molecular flexibility index (Phi) is 2.62. The van der Waals surface area contributed by atoms with Gasteiger partial charge in [-0.15, -0.1) is 11.3 Å². The first-order chi connectivity index (χ1) is 6.63. The van der Waals surface area contributed by atoms with Gasteiger partial charge in [0, 0.05) is 22.2 Å². The zero-order valence-electron chi connectivity index (χ0n) is 8.64. The van der Waals surface area contributed by atoms with Gasteiger partial charge in [-0.3, -0.25) is 0 Å². The average Bonchev–Trinajstić information content (AvgIpc) is 2.58. The highest BCUT2D eigenvalue weighted by atomic mass is 32.1. The second-order valence-corrected chi connectivity index (χ2v) is 5.42. The van der Waals surface area contributed by atoms with Crippen molar-refractivity contribution in [3.63, 3.8) is 0 Å². The summed E-state index contributed by atoms with van der Waals surface area (Å²) in [6, 6.07) is 3.96. The molecule has 1 aliphatic heterocycles. The van der Waals surface area contributed by atoms with Crippen LogP contribution in [0.5, 0.6) is 0 Å². The SMILES string of the molecule is Cc1ccc(C2(F)CCNCC2C)s1. The maximum absolute atomic E-state index is 14.7. The molecule has 0 aliphatic carbocycles. The lowest BCUT2D eigenvalue weighted by Crippen LogP contribution is -2.43. The summed E-state index contributed by atoms with van der Waals surface area (Å²) in [5.74, 6) is 0.0781. The zero-order chi connectivity index (χ0) is 10.2. The molecule has 1 N–H and O–H groups in total. The maximum Gasteiger partial charge on any atom is 0.150 e. The third-order valence-electron chi connectivity index (χ3n) is 3.05. The number of piperidine rings is 1. The largest absolute Gasteiger partial charge is 0.316 e. The van der Waals surface area contributed by atoms with Crippen LogP contribution < -0.4 is 5.32 Å². The summed E-state index contributed by atoms with van der Waals surface area (Å²) in [7, 11) is 0. The molecule has 14 heavy (non-hydrogen) atoms. The minimum atomic E-state index is -1.09. The molecule has 1 saturated heterocycles. The number of thiophene rings is 1. The lowest BCUT2D eigenvalue weighted by atomic mass is 9.83. The van der Waals surface area contributed by atoms with Gasteiger partial charge in [0.1, 0.15) is 5.67 Å². The first-order valence-corrected chi connectivity index (χ1v) is 5.91. The molecule has 2 heterocycles. The van der Waals surface area contributed by atoms with Crippen LogP contribution in [0.3, 0.4) is 0 Å². The standard InChI is InChI=1S/C11H16FNS/c1-8-7-13-6-5-11(8,12)10-4-3-9(2)14-10/h3-4,8,13H,5-7H2,1-2H3. The van der Waals surface area contributed by atoms with Crippen molar-refractivity contribution in [2.24, 2.45) is 5.92 Å². The summed E-state index contributed by atoms with van der Waals surface area (Å²) in [5.41, 5.74) is -1.09. The molecule has 1 aromatic rings. The summed E-state index contributed by atoms with van der Waals surface area (Å²) in [4.78, 5) is 2.10. The van der Waals surface area contributed by atoms with E-state index >= 15 is 0 Å². The molecule has 0 bridgehead atoms. The van der Waals surface area contributed by atoms with Gasteiger partial charge in [0.05, 0.1) is 0 Å². The summed E-state index contributed by atoms with van der Waals surface area (Å²) < 4.78 is 14.7. The van der Waals surface area contributed by atoms with E-state index in [0.29, 0.717) is 6.42 Å². The maximum atomic E-state index is 14.7. The van der Waals surface area contributed by atoms with E-state index in [2.05, 4.69) is 5.32 Å². The molecule has 1 nitrogen and oxygen atoms in total. The van der Waals surface area contributed by atoms with Crippen LogP contribution >= 0.6 is 11.3 Å². The first kappa shape index (κ1) is 10.1. The van der Waals surface area contributed by atoms with Gasteiger partial charge >= 0.3 is 0 Å². The van der Waals surface area contributed by atoms with Crippen molar-refractivity contribution in [1.29, 1.82) is 0 Å². The van der Waals surface area contributed by atoms with Crippen molar-refractivity contribution in [2.45, 2.75) is 25.9 Å². The van der Waals surface area contributed by atoms with E-state index in [0.717, 1.165) is 18.0 Å². The van der Waals surface area contributed by atoms with Crippen LogP contribution in [0.25, 0.3) is 0 Å². The second kappa shape index (κ2) is 3.63. The zero-order valence-corrected chi connectivity index (χ0v) is 9.46. The Morgan fingerprint density at radius 3 is 2.93 bits per heavy atom. The topological polar surface area (TPSA) is 12.0 Å². The highest BCUT2D eigenvalue weighted by Crippen LogP contribution is 2.42. The third kappa shape index (κ3) is 1.59. The molecule has 2 atom stereocenters. The fourth-order valence-corrected chi connectivity index (χ4v) is 3.11. The molecule has 2 rings (SSSR count). The first-order valence-electron chi connectivity index (χ1n) is 5.09. The van der Waals surface area contributed by atoms with E-state index in [-0.39, 0.29) is 5.92 Å². The Balaban J connectivity index is 2.29. The molecule has 1 aromatic heterocycles. The van der Waals surface area contributed by atoms with Crippen molar-refractivity contribution >= 4 is 11.3 Å². The summed E-state index contributed by atoms with van der Waals surface area (Å²) in [6.45, 7) is 5.59. The van der Waals surface area contributed by atoms with E-state index in [9.17, 15) is 4.39 Å². The van der Waals surface area contributed by atoms with Crippen molar-refractivity contribution < 1.29 is 4.39 Å². The Labute approximate surface area is 88.3 Å². The Morgan fingerprint density at radius 1 is 1.57 bits per heavy atom. The van der Waals surface area contributed by atoms with Crippen LogP contribution in [0.2, 0.25) is 0 Å². The fraction of sp³-hybridized carbons (Fsp3) is 0.636. The molecule has 0 radical (unpaired) electrons. The highest BCUT2D eigenvalue weighted by Gasteiger charge is 2.40. The van der Waals surface area contributed by atoms with Crippen LogP contribution in [0, 0.1) is 12.8 Å². The number of hydrogen-bond acceptors (Lipinski definition) is 2. The number of halogens is 1. The number of rotatable bonds is 1. The molecule has 1 fully saturated rings. The molecule has 0 saturated carbocycles. The van der Waals surface area contributed by atoms with Gasteiger partial charge in [-0.2, -0.15) is 0 Å².